The zero-order chi connectivity index (χ0) is 14.1. The molecule has 0 heterocycles. The normalized spacial score (nSPS) is 15.2. The molecule has 0 aliphatic heterocycles. The number of hydrogen-bond donors (Lipinski definition) is 0. The van der Waals surface area contributed by atoms with E-state index in [9.17, 15) is 0 Å². The van der Waals surface area contributed by atoms with Crippen molar-refractivity contribution >= 4 is 36.9 Å². The topological polar surface area (TPSA) is 0 Å². The van der Waals surface area contributed by atoms with Crippen LogP contribution in [-0.4, -0.2) is 19.5 Å². The van der Waals surface area contributed by atoms with Crippen LogP contribution < -0.4 is 0 Å². The highest BCUT2D eigenvalue weighted by atomic mass is 32.4. The highest BCUT2D eigenvalue weighted by Gasteiger charge is 2.39. The fraction of sp³-hybridized carbons (Fsp3) is 1.00. The van der Waals surface area contributed by atoms with Crippen LogP contribution in [0.3, 0.4) is 0 Å². The SMILES string of the molecule is CC(C)(C)[Si](C)(C)SCS[Si](C)(C)C(C)(C)C. The minimum atomic E-state index is -1.15. The van der Waals surface area contributed by atoms with Gasteiger partial charge in [0, 0.05) is 5.08 Å². The first-order valence-electron chi connectivity index (χ1n) is 6.49. The molecule has 0 saturated heterocycles. The van der Waals surface area contributed by atoms with Crippen LogP contribution in [0.4, 0.5) is 0 Å². The molecule has 0 rings (SSSR count). The van der Waals surface area contributed by atoms with Gasteiger partial charge in [0.05, 0.1) is 0 Å². The minimum Gasteiger partial charge on any atom is -0.175 e. The van der Waals surface area contributed by atoms with Gasteiger partial charge in [-0.3, -0.25) is 0 Å². The van der Waals surface area contributed by atoms with E-state index in [1.807, 2.05) is 0 Å². The van der Waals surface area contributed by atoms with Crippen molar-refractivity contribution in [2.24, 2.45) is 0 Å². The molecule has 0 fully saturated rings. The molecule has 0 aromatic rings. The molecule has 17 heavy (non-hydrogen) atoms. The first-order chi connectivity index (χ1) is 7.21. The van der Waals surface area contributed by atoms with Gasteiger partial charge in [-0.15, -0.1) is 0 Å². The molecule has 0 aromatic heterocycles. The van der Waals surface area contributed by atoms with Crippen molar-refractivity contribution in [3.63, 3.8) is 0 Å². The molecule has 0 aliphatic carbocycles. The van der Waals surface area contributed by atoms with Gasteiger partial charge in [-0.05, 0) is 10.1 Å². The van der Waals surface area contributed by atoms with Crippen LogP contribution in [0.15, 0.2) is 0 Å². The maximum absolute atomic E-state index is 2.52. The monoisotopic (exact) mass is 308 g/mol. The molecule has 104 valence electrons. The molecular formula is C13H32S2Si2. The molecule has 4 heteroatoms. The van der Waals surface area contributed by atoms with Crippen molar-refractivity contribution in [2.45, 2.75) is 77.8 Å². The summed E-state index contributed by atoms with van der Waals surface area (Å²) < 4.78 is 0. The smallest absolute Gasteiger partial charge is 0.117 e. The van der Waals surface area contributed by atoms with Gasteiger partial charge in [0.25, 0.3) is 0 Å². The molecule has 0 aromatic carbocycles. The predicted molar refractivity (Wildman–Crippen MR) is 94.4 cm³/mol. The van der Waals surface area contributed by atoms with Crippen molar-refractivity contribution < 1.29 is 0 Å². The first kappa shape index (κ1) is 18.1. The van der Waals surface area contributed by atoms with Gasteiger partial charge in [-0.25, -0.2) is 0 Å². The Kier molecular flexibility index (Phi) is 6.01. The van der Waals surface area contributed by atoms with Gasteiger partial charge in [-0.2, -0.15) is 22.4 Å². The van der Waals surface area contributed by atoms with E-state index >= 15 is 0 Å². The van der Waals surface area contributed by atoms with E-state index in [2.05, 4.69) is 90.2 Å². The number of hydrogen-bond acceptors (Lipinski definition) is 2. The molecule has 0 aliphatic rings. The second-order valence-electron chi connectivity index (χ2n) is 7.93. The van der Waals surface area contributed by atoms with Crippen LogP contribution in [0.5, 0.6) is 0 Å². The molecule has 0 radical (unpaired) electrons. The lowest BCUT2D eigenvalue weighted by Gasteiger charge is -2.39. The molecule has 0 N–H and O–H groups in total. The largest absolute Gasteiger partial charge is 0.175 e. The Morgan fingerprint density at radius 1 is 0.647 bits per heavy atom. The van der Waals surface area contributed by atoms with E-state index in [0.29, 0.717) is 10.1 Å². The average Bonchev–Trinajstić information content (AvgIpc) is 1.98. The van der Waals surface area contributed by atoms with Gasteiger partial charge in [0.1, 0.15) is 14.4 Å². The van der Waals surface area contributed by atoms with E-state index < -0.39 is 14.4 Å². The maximum Gasteiger partial charge on any atom is 0.117 e. The van der Waals surface area contributed by atoms with Crippen LogP contribution in [0.1, 0.15) is 41.5 Å². The predicted octanol–water partition coefficient (Wildman–Crippen LogP) is 6.42. The van der Waals surface area contributed by atoms with E-state index in [-0.39, 0.29) is 0 Å². The summed E-state index contributed by atoms with van der Waals surface area (Å²) in [6.07, 6.45) is 0. The Hall–Kier alpha value is 1.13. The maximum atomic E-state index is 2.52. The Balaban J connectivity index is 4.36. The first-order valence-corrected chi connectivity index (χ1v) is 15.9. The lowest BCUT2D eigenvalue weighted by molar-refractivity contribution is 0.736. The second kappa shape index (κ2) is 5.63. The summed E-state index contributed by atoms with van der Waals surface area (Å²) >= 11 is 4.53. The molecule has 0 bridgehead atoms. The quantitative estimate of drug-likeness (QED) is 0.434. The van der Waals surface area contributed by atoms with Crippen LogP contribution in [0.2, 0.25) is 36.3 Å². The molecule has 0 spiro atoms. The summed E-state index contributed by atoms with van der Waals surface area (Å²) in [7, 11) is -2.29. The third kappa shape index (κ3) is 5.33. The third-order valence-electron chi connectivity index (χ3n) is 4.45. The Bertz CT molecular complexity index is 221. The second-order valence-corrected chi connectivity index (χ2v) is 26.3. The lowest BCUT2D eigenvalue weighted by atomic mass is 10.2. The van der Waals surface area contributed by atoms with Crippen LogP contribution in [0, 0.1) is 0 Å². The highest BCUT2D eigenvalue weighted by molar-refractivity contribution is 8.42. The fourth-order valence-electron chi connectivity index (χ4n) is 0.757. The summed E-state index contributed by atoms with van der Waals surface area (Å²) in [6.45, 7) is 24.5. The van der Waals surface area contributed by atoms with Crippen LogP contribution >= 0.6 is 22.4 Å². The molecule has 0 nitrogen and oxygen atoms in total. The summed E-state index contributed by atoms with van der Waals surface area (Å²) in [6, 6.07) is 0. The van der Waals surface area contributed by atoms with Gasteiger partial charge in [0.2, 0.25) is 0 Å². The van der Waals surface area contributed by atoms with Crippen molar-refractivity contribution in [3.8, 4) is 0 Å². The zero-order valence-electron chi connectivity index (χ0n) is 13.5. The van der Waals surface area contributed by atoms with Gasteiger partial charge >= 0.3 is 0 Å². The molecule has 0 atom stereocenters. The third-order valence-corrected chi connectivity index (χ3v) is 24.2. The van der Waals surface area contributed by atoms with Gasteiger partial charge in [0.15, 0.2) is 0 Å². The van der Waals surface area contributed by atoms with E-state index in [1.54, 1.807) is 0 Å². The molecular weight excluding hydrogens is 276 g/mol. The van der Waals surface area contributed by atoms with Crippen molar-refractivity contribution in [1.82, 2.24) is 0 Å². The molecule has 0 amide bonds. The van der Waals surface area contributed by atoms with Crippen LogP contribution in [-0.2, 0) is 0 Å². The van der Waals surface area contributed by atoms with Crippen molar-refractivity contribution in [3.05, 3.63) is 0 Å². The summed E-state index contributed by atoms with van der Waals surface area (Å²) in [5, 5.41) is 2.31. The Labute approximate surface area is 119 Å². The Morgan fingerprint density at radius 2 is 0.882 bits per heavy atom. The average molecular weight is 309 g/mol. The van der Waals surface area contributed by atoms with E-state index in [0.717, 1.165) is 0 Å². The zero-order valence-corrected chi connectivity index (χ0v) is 17.2. The van der Waals surface area contributed by atoms with Gasteiger partial charge in [-0.1, -0.05) is 67.7 Å². The van der Waals surface area contributed by atoms with Crippen molar-refractivity contribution in [1.29, 1.82) is 0 Å². The highest BCUT2D eigenvalue weighted by Crippen LogP contribution is 2.48. The lowest BCUT2D eigenvalue weighted by Crippen LogP contribution is -2.36. The minimum absolute atomic E-state index is 0.506. The van der Waals surface area contributed by atoms with Crippen LogP contribution in [0.25, 0.3) is 0 Å². The van der Waals surface area contributed by atoms with Gasteiger partial charge < -0.3 is 0 Å². The fourth-order valence-corrected chi connectivity index (χ4v) is 14.2. The molecule has 0 unspecified atom stereocenters. The van der Waals surface area contributed by atoms with E-state index in [1.165, 1.54) is 5.08 Å². The standard InChI is InChI=1S/C13H32S2Si2/c1-12(2,3)16(7,8)14-11-15-17(9,10)13(4,5)6/h11H2,1-10H3. The summed E-state index contributed by atoms with van der Waals surface area (Å²) in [5.41, 5.74) is 0. The number of rotatable bonds is 4. The molecule has 0 saturated carbocycles. The van der Waals surface area contributed by atoms with Crippen molar-refractivity contribution in [2.75, 3.05) is 5.08 Å². The summed E-state index contributed by atoms with van der Waals surface area (Å²) in [4.78, 5) is 0. The van der Waals surface area contributed by atoms with E-state index in [4.69, 9.17) is 0 Å². The Morgan fingerprint density at radius 3 is 1.06 bits per heavy atom. The summed E-state index contributed by atoms with van der Waals surface area (Å²) in [5.74, 6) is 0.